The summed E-state index contributed by atoms with van der Waals surface area (Å²) in [6.45, 7) is 3.09. The van der Waals surface area contributed by atoms with Crippen LogP contribution < -0.4 is 10.6 Å². The van der Waals surface area contributed by atoms with E-state index in [1.54, 1.807) is 18.2 Å². The van der Waals surface area contributed by atoms with E-state index in [0.29, 0.717) is 18.7 Å². The van der Waals surface area contributed by atoms with Gasteiger partial charge >= 0.3 is 0 Å². The molecule has 19 heavy (non-hydrogen) atoms. The molecule has 0 saturated carbocycles. The average molecular weight is 262 g/mol. The summed E-state index contributed by atoms with van der Waals surface area (Å²) < 4.78 is 26.6. The lowest BCUT2D eigenvalue weighted by Crippen LogP contribution is -2.22. The van der Waals surface area contributed by atoms with Gasteiger partial charge in [-0.05, 0) is 36.8 Å². The zero-order valence-electron chi connectivity index (χ0n) is 10.7. The molecule has 0 heterocycles. The summed E-state index contributed by atoms with van der Waals surface area (Å²) in [6, 6.07) is 11.1. The first kappa shape index (κ1) is 13.3. The summed E-state index contributed by atoms with van der Waals surface area (Å²) >= 11 is 0. The zero-order chi connectivity index (χ0) is 13.8. The van der Waals surface area contributed by atoms with E-state index in [0.717, 1.165) is 5.69 Å². The van der Waals surface area contributed by atoms with Crippen molar-refractivity contribution in [3.05, 3.63) is 59.7 Å². The van der Waals surface area contributed by atoms with Gasteiger partial charge in [0.2, 0.25) is 0 Å². The highest BCUT2D eigenvalue weighted by molar-refractivity contribution is 5.52. The third-order valence-corrected chi connectivity index (χ3v) is 3.06. The minimum atomic E-state index is -0.423. The van der Waals surface area contributed by atoms with Crippen molar-refractivity contribution in [2.75, 3.05) is 17.2 Å². The summed E-state index contributed by atoms with van der Waals surface area (Å²) in [5, 5.41) is 0. The third kappa shape index (κ3) is 3.02. The van der Waals surface area contributed by atoms with Crippen LogP contribution in [0.4, 0.5) is 20.2 Å². The molecule has 0 radical (unpaired) electrons. The SMILES string of the molecule is CCN(Cc1cccc(F)c1N)c1cccc(F)c1. The van der Waals surface area contributed by atoms with Gasteiger partial charge in [0.15, 0.2) is 0 Å². The van der Waals surface area contributed by atoms with Crippen molar-refractivity contribution >= 4 is 11.4 Å². The van der Waals surface area contributed by atoms with Gasteiger partial charge in [-0.2, -0.15) is 0 Å². The Morgan fingerprint density at radius 3 is 2.53 bits per heavy atom. The van der Waals surface area contributed by atoms with Gasteiger partial charge in [0.1, 0.15) is 11.6 Å². The van der Waals surface area contributed by atoms with E-state index in [2.05, 4.69) is 0 Å². The number of para-hydroxylation sites is 1. The van der Waals surface area contributed by atoms with Crippen LogP contribution in [0.15, 0.2) is 42.5 Å². The maximum atomic E-state index is 13.4. The Kier molecular flexibility index (Phi) is 4.00. The quantitative estimate of drug-likeness (QED) is 0.853. The van der Waals surface area contributed by atoms with Crippen molar-refractivity contribution in [3.8, 4) is 0 Å². The van der Waals surface area contributed by atoms with Crippen LogP contribution in [0, 0.1) is 11.6 Å². The molecule has 0 aliphatic heterocycles. The maximum absolute atomic E-state index is 13.4. The van der Waals surface area contributed by atoms with Crippen LogP contribution in [0.5, 0.6) is 0 Å². The van der Waals surface area contributed by atoms with Crippen LogP contribution in [-0.2, 0) is 6.54 Å². The first-order valence-electron chi connectivity index (χ1n) is 6.15. The second-order valence-electron chi connectivity index (χ2n) is 4.31. The number of nitrogens with two attached hydrogens (primary N) is 1. The van der Waals surface area contributed by atoms with Gasteiger partial charge in [-0.15, -0.1) is 0 Å². The molecule has 2 N–H and O–H groups in total. The van der Waals surface area contributed by atoms with E-state index in [1.165, 1.54) is 18.2 Å². The van der Waals surface area contributed by atoms with E-state index in [9.17, 15) is 8.78 Å². The van der Waals surface area contributed by atoms with E-state index in [-0.39, 0.29) is 11.5 Å². The summed E-state index contributed by atoms with van der Waals surface area (Å²) in [4.78, 5) is 1.94. The molecule has 2 aromatic carbocycles. The minimum Gasteiger partial charge on any atom is -0.396 e. The van der Waals surface area contributed by atoms with Crippen molar-refractivity contribution in [2.45, 2.75) is 13.5 Å². The highest BCUT2D eigenvalue weighted by Gasteiger charge is 2.10. The molecule has 0 spiro atoms. The molecule has 2 rings (SSSR count). The van der Waals surface area contributed by atoms with Crippen molar-refractivity contribution < 1.29 is 8.78 Å². The van der Waals surface area contributed by atoms with Crippen LogP contribution in [0.2, 0.25) is 0 Å². The van der Waals surface area contributed by atoms with E-state index in [4.69, 9.17) is 5.73 Å². The Balaban J connectivity index is 2.26. The smallest absolute Gasteiger partial charge is 0.146 e. The average Bonchev–Trinajstić information content (AvgIpc) is 2.40. The molecule has 2 nitrogen and oxygen atoms in total. The van der Waals surface area contributed by atoms with Gasteiger partial charge in [-0.3, -0.25) is 0 Å². The van der Waals surface area contributed by atoms with E-state index in [1.807, 2.05) is 17.9 Å². The second-order valence-corrected chi connectivity index (χ2v) is 4.31. The molecule has 0 atom stereocenters. The molecule has 4 heteroatoms. The molecule has 0 aromatic heterocycles. The third-order valence-electron chi connectivity index (χ3n) is 3.06. The second kappa shape index (κ2) is 5.69. The standard InChI is InChI=1S/C15H16F2N2/c1-2-19(13-7-4-6-12(16)9-13)10-11-5-3-8-14(17)15(11)18/h3-9H,2,10,18H2,1H3. The van der Waals surface area contributed by atoms with Crippen LogP contribution in [0.3, 0.4) is 0 Å². The number of hydrogen-bond acceptors (Lipinski definition) is 2. The van der Waals surface area contributed by atoms with E-state index >= 15 is 0 Å². The van der Waals surface area contributed by atoms with Gasteiger partial charge in [0.05, 0.1) is 5.69 Å². The fraction of sp³-hybridized carbons (Fsp3) is 0.200. The number of halogens is 2. The first-order chi connectivity index (χ1) is 9.11. The Labute approximate surface area is 111 Å². The zero-order valence-corrected chi connectivity index (χ0v) is 10.7. The van der Waals surface area contributed by atoms with Crippen molar-refractivity contribution in [1.29, 1.82) is 0 Å². The van der Waals surface area contributed by atoms with Gasteiger partial charge in [-0.1, -0.05) is 18.2 Å². The first-order valence-corrected chi connectivity index (χ1v) is 6.15. The number of hydrogen-bond donors (Lipinski definition) is 1. The van der Waals surface area contributed by atoms with Crippen molar-refractivity contribution in [3.63, 3.8) is 0 Å². The highest BCUT2D eigenvalue weighted by atomic mass is 19.1. The monoisotopic (exact) mass is 262 g/mol. The lowest BCUT2D eigenvalue weighted by atomic mass is 10.1. The number of anilines is 2. The number of rotatable bonds is 4. The summed E-state index contributed by atoms with van der Waals surface area (Å²) in [6.07, 6.45) is 0. The summed E-state index contributed by atoms with van der Waals surface area (Å²) in [5.74, 6) is -0.712. The van der Waals surface area contributed by atoms with Crippen LogP contribution in [0.25, 0.3) is 0 Å². The molecule has 0 saturated heterocycles. The molecule has 0 aliphatic carbocycles. The summed E-state index contributed by atoms with van der Waals surface area (Å²) in [7, 11) is 0. The summed E-state index contributed by atoms with van der Waals surface area (Å²) in [5.41, 5.74) is 7.32. The number of benzene rings is 2. The van der Waals surface area contributed by atoms with Gasteiger partial charge in [0, 0.05) is 18.8 Å². The number of nitrogen functional groups attached to an aromatic ring is 1. The highest BCUT2D eigenvalue weighted by Crippen LogP contribution is 2.22. The lowest BCUT2D eigenvalue weighted by Gasteiger charge is -2.24. The molecule has 0 fully saturated rings. The van der Waals surface area contributed by atoms with Crippen molar-refractivity contribution in [2.24, 2.45) is 0 Å². The Bertz CT molecular complexity index is 570. The molecule has 0 aliphatic rings. The molecule has 0 unspecified atom stereocenters. The predicted molar refractivity (Wildman–Crippen MR) is 73.9 cm³/mol. The minimum absolute atomic E-state index is 0.150. The topological polar surface area (TPSA) is 29.3 Å². The molecule has 0 amide bonds. The maximum Gasteiger partial charge on any atom is 0.146 e. The Morgan fingerprint density at radius 1 is 1.11 bits per heavy atom. The lowest BCUT2D eigenvalue weighted by molar-refractivity contribution is 0.625. The fourth-order valence-corrected chi connectivity index (χ4v) is 1.98. The van der Waals surface area contributed by atoms with Gasteiger partial charge in [-0.25, -0.2) is 8.78 Å². The fourth-order valence-electron chi connectivity index (χ4n) is 1.98. The van der Waals surface area contributed by atoms with Crippen LogP contribution >= 0.6 is 0 Å². The molecule has 0 bridgehead atoms. The van der Waals surface area contributed by atoms with Gasteiger partial charge < -0.3 is 10.6 Å². The van der Waals surface area contributed by atoms with Crippen LogP contribution in [-0.4, -0.2) is 6.54 Å². The molecule has 2 aromatic rings. The van der Waals surface area contributed by atoms with E-state index < -0.39 is 5.82 Å². The largest absolute Gasteiger partial charge is 0.396 e. The predicted octanol–water partition coefficient (Wildman–Crippen LogP) is 3.57. The molecular weight excluding hydrogens is 246 g/mol. The number of nitrogens with zero attached hydrogens (tertiary/aromatic N) is 1. The molecule has 100 valence electrons. The molecular formula is C15H16F2N2. The normalized spacial score (nSPS) is 10.5. The Hall–Kier alpha value is -2.10. The van der Waals surface area contributed by atoms with Crippen LogP contribution in [0.1, 0.15) is 12.5 Å². The van der Waals surface area contributed by atoms with Gasteiger partial charge in [0.25, 0.3) is 0 Å². The Morgan fingerprint density at radius 2 is 1.84 bits per heavy atom. The van der Waals surface area contributed by atoms with Crippen molar-refractivity contribution in [1.82, 2.24) is 0 Å².